The maximum absolute atomic E-state index is 11.4. The minimum atomic E-state index is -3.22. The van der Waals surface area contributed by atoms with E-state index in [1.54, 1.807) is 12.1 Å². The van der Waals surface area contributed by atoms with Gasteiger partial charge in [-0.15, -0.1) is 0 Å². The maximum Gasteiger partial charge on any atom is 0.231 e. The van der Waals surface area contributed by atoms with Crippen LogP contribution in [-0.4, -0.2) is 33.1 Å². The molecule has 1 atom stereocenters. The molecule has 7 heteroatoms. The predicted molar refractivity (Wildman–Crippen MR) is 88.8 cm³/mol. The second-order valence-electron chi connectivity index (χ2n) is 5.68. The molecule has 0 fully saturated rings. The highest BCUT2D eigenvalue weighted by Gasteiger charge is 2.14. The summed E-state index contributed by atoms with van der Waals surface area (Å²) in [4.78, 5) is 0.242. The molecule has 0 unspecified atom stereocenters. The zero-order chi connectivity index (χ0) is 17.2. The number of nitrogens with one attached hydrogen (secondary N) is 1. The van der Waals surface area contributed by atoms with Crippen molar-refractivity contribution < 1.29 is 23.0 Å². The predicted octanol–water partition coefficient (Wildman–Crippen LogP) is 1.64. The Hall–Kier alpha value is -2.09. The van der Waals surface area contributed by atoms with E-state index in [1.165, 1.54) is 12.1 Å². The van der Waals surface area contributed by atoms with E-state index in [4.69, 9.17) is 9.47 Å². The molecule has 1 heterocycles. The summed E-state index contributed by atoms with van der Waals surface area (Å²) in [5, 5.41) is 13.4. The van der Waals surface area contributed by atoms with Gasteiger partial charge in [-0.05, 0) is 35.4 Å². The lowest BCUT2D eigenvalue weighted by molar-refractivity contribution is 0.173. The van der Waals surface area contributed by atoms with Crippen molar-refractivity contribution >= 4 is 9.84 Å². The van der Waals surface area contributed by atoms with Crippen molar-refractivity contribution in [3.8, 4) is 11.5 Å². The number of rotatable bonds is 6. The molecule has 6 nitrogen and oxygen atoms in total. The van der Waals surface area contributed by atoms with E-state index >= 15 is 0 Å². The third kappa shape index (κ3) is 3.87. The summed E-state index contributed by atoms with van der Waals surface area (Å²) >= 11 is 0. The van der Waals surface area contributed by atoms with Crippen LogP contribution in [0.2, 0.25) is 0 Å². The first-order valence-corrected chi connectivity index (χ1v) is 9.40. The highest BCUT2D eigenvalue weighted by atomic mass is 32.2. The molecule has 0 saturated carbocycles. The average Bonchev–Trinajstić information content (AvgIpc) is 3.02. The van der Waals surface area contributed by atoms with E-state index in [0.29, 0.717) is 18.7 Å². The van der Waals surface area contributed by atoms with E-state index in [1.807, 2.05) is 18.2 Å². The second kappa shape index (κ2) is 6.80. The lowest BCUT2D eigenvalue weighted by atomic mass is 10.1. The van der Waals surface area contributed by atoms with Crippen LogP contribution in [0.1, 0.15) is 17.2 Å². The number of aliphatic hydroxyl groups is 1. The average molecular weight is 349 g/mol. The molecule has 2 N–H and O–H groups in total. The van der Waals surface area contributed by atoms with Crippen LogP contribution in [0, 0.1) is 0 Å². The molecular weight excluding hydrogens is 330 g/mol. The first-order chi connectivity index (χ1) is 11.4. The van der Waals surface area contributed by atoms with Crippen molar-refractivity contribution in [1.29, 1.82) is 0 Å². The van der Waals surface area contributed by atoms with Gasteiger partial charge in [-0.3, -0.25) is 0 Å². The molecule has 2 aromatic carbocycles. The van der Waals surface area contributed by atoms with E-state index in [-0.39, 0.29) is 11.7 Å². The van der Waals surface area contributed by atoms with Gasteiger partial charge in [0.2, 0.25) is 6.79 Å². The van der Waals surface area contributed by atoms with Crippen LogP contribution >= 0.6 is 0 Å². The Bertz CT molecular complexity index is 817. The van der Waals surface area contributed by atoms with Crippen LogP contribution in [0.15, 0.2) is 47.4 Å². The van der Waals surface area contributed by atoms with Crippen LogP contribution in [0.3, 0.4) is 0 Å². The van der Waals surface area contributed by atoms with Gasteiger partial charge in [-0.1, -0.05) is 18.2 Å². The third-order valence-electron chi connectivity index (χ3n) is 3.80. The first-order valence-electron chi connectivity index (χ1n) is 7.51. The largest absolute Gasteiger partial charge is 0.454 e. The van der Waals surface area contributed by atoms with E-state index in [9.17, 15) is 13.5 Å². The van der Waals surface area contributed by atoms with Gasteiger partial charge in [0.05, 0.1) is 11.0 Å². The molecule has 24 heavy (non-hydrogen) atoms. The van der Waals surface area contributed by atoms with Gasteiger partial charge < -0.3 is 19.9 Å². The van der Waals surface area contributed by atoms with E-state index in [2.05, 4.69) is 5.32 Å². The highest BCUT2D eigenvalue weighted by Crippen LogP contribution is 2.32. The molecule has 0 saturated heterocycles. The fourth-order valence-electron chi connectivity index (χ4n) is 2.46. The Labute approximate surface area is 141 Å². The Kier molecular flexibility index (Phi) is 4.75. The zero-order valence-corrected chi connectivity index (χ0v) is 14.0. The van der Waals surface area contributed by atoms with Gasteiger partial charge in [0.25, 0.3) is 0 Å². The van der Waals surface area contributed by atoms with Crippen molar-refractivity contribution in [2.24, 2.45) is 0 Å². The van der Waals surface area contributed by atoms with Crippen molar-refractivity contribution in [3.05, 3.63) is 53.6 Å². The third-order valence-corrected chi connectivity index (χ3v) is 4.93. The van der Waals surface area contributed by atoms with Crippen molar-refractivity contribution in [3.63, 3.8) is 0 Å². The molecular formula is C17H19NO5S. The van der Waals surface area contributed by atoms with Gasteiger partial charge in [0.15, 0.2) is 21.3 Å². The number of fused-ring (bicyclic) bond motifs is 1. The number of hydrogen-bond acceptors (Lipinski definition) is 6. The first kappa shape index (κ1) is 16.8. The SMILES string of the molecule is CS(=O)(=O)c1ccc([C@@H](O)CNCc2ccc3c(c2)OCO3)cc1. The molecule has 0 spiro atoms. The molecule has 1 aliphatic rings. The van der Waals surface area contributed by atoms with E-state index in [0.717, 1.165) is 23.3 Å². The number of benzene rings is 2. The molecule has 0 aromatic heterocycles. The van der Waals surface area contributed by atoms with Crippen LogP contribution in [0.5, 0.6) is 11.5 Å². The van der Waals surface area contributed by atoms with Gasteiger partial charge in [0.1, 0.15) is 0 Å². The van der Waals surface area contributed by atoms with Gasteiger partial charge in [0, 0.05) is 19.3 Å². The Morgan fingerprint density at radius 2 is 1.83 bits per heavy atom. The quantitative estimate of drug-likeness (QED) is 0.825. The van der Waals surface area contributed by atoms with Crippen LogP contribution in [-0.2, 0) is 16.4 Å². The normalized spacial score (nSPS) is 14.6. The molecule has 0 bridgehead atoms. The monoisotopic (exact) mass is 349 g/mol. The van der Waals surface area contributed by atoms with Crippen molar-refractivity contribution in [2.75, 3.05) is 19.6 Å². The summed E-state index contributed by atoms with van der Waals surface area (Å²) in [5.74, 6) is 1.47. The smallest absolute Gasteiger partial charge is 0.231 e. The number of sulfone groups is 1. The zero-order valence-electron chi connectivity index (χ0n) is 13.2. The van der Waals surface area contributed by atoms with Crippen LogP contribution in [0.4, 0.5) is 0 Å². The molecule has 3 rings (SSSR count). The summed E-state index contributed by atoms with van der Waals surface area (Å²) in [7, 11) is -3.22. The summed E-state index contributed by atoms with van der Waals surface area (Å²) in [5.41, 5.74) is 1.69. The number of aliphatic hydroxyl groups excluding tert-OH is 1. The topological polar surface area (TPSA) is 84.9 Å². The fraction of sp³-hybridized carbons (Fsp3) is 0.294. The van der Waals surface area contributed by atoms with Crippen molar-refractivity contribution in [2.45, 2.75) is 17.5 Å². The fourth-order valence-corrected chi connectivity index (χ4v) is 3.09. The van der Waals surface area contributed by atoms with Crippen LogP contribution in [0.25, 0.3) is 0 Å². The lowest BCUT2D eigenvalue weighted by Gasteiger charge is -2.13. The maximum atomic E-state index is 11.4. The minimum absolute atomic E-state index is 0.242. The second-order valence-corrected chi connectivity index (χ2v) is 7.69. The molecule has 2 aromatic rings. The Morgan fingerprint density at radius 1 is 1.12 bits per heavy atom. The van der Waals surface area contributed by atoms with Gasteiger partial charge in [-0.2, -0.15) is 0 Å². The summed E-state index contributed by atoms with van der Waals surface area (Å²) in [6.07, 6.45) is 0.443. The lowest BCUT2D eigenvalue weighted by Crippen LogP contribution is -2.21. The molecule has 0 aliphatic carbocycles. The Morgan fingerprint density at radius 3 is 2.54 bits per heavy atom. The standard InChI is InChI=1S/C17H19NO5S/c1-24(20,21)14-5-3-13(4-6-14)15(19)10-18-9-12-2-7-16-17(8-12)23-11-22-16/h2-8,15,18-19H,9-11H2,1H3/t15-/m0/s1. The van der Waals surface area contributed by atoms with E-state index < -0.39 is 15.9 Å². The molecule has 0 radical (unpaired) electrons. The van der Waals surface area contributed by atoms with Gasteiger partial charge >= 0.3 is 0 Å². The summed E-state index contributed by atoms with van der Waals surface area (Å²) in [6.45, 7) is 1.18. The molecule has 0 amide bonds. The minimum Gasteiger partial charge on any atom is -0.454 e. The van der Waals surface area contributed by atoms with Crippen LogP contribution < -0.4 is 14.8 Å². The summed E-state index contributed by atoms with van der Waals surface area (Å²) in [6, 6.07) is 12.0. The number of ether oxygens (including phenoxy) is 2. The Balaban J connectivity index is 1.55. The summed E-state index contributed by atoms with van der Waals surface area (Å²) < 4.78 is 33.4. The van der Waals surface area contributed by atoms with Gasteiger partial charge in [-0.25, -0.2) is 8.42 Å². The molecule has 1 aliphatic heterocycles. The van der Waals surface area contributed by atoms with Crippen molar-refractivity contribution in [1.82, 2.24) is 5.32 Å². The molecule has 128 valence electrons. The highest BCUT2D eigenvalue weighted by molar-refractivity contribution is 7.90. The number of hydrogen-bond donors (Lipinski definition) is 2.